The van der Waals surface area contributed by atoms with Crippen LogP contribution in [0, 0.1) is 19.8 Å². The molecule has 0 radical (unpaired) electrons. The Morgan fingerprint density at radius 3 is 2.65 bits per heavy atom. The minimum Gasteiger partial charge on any atom is -0.493 e. The van der Waals surface area contributed by atoms with Gasteiger partial charge in [0.1, 0.15) is 11.8 Å². The molecule has 0 bridgehead atoms. The molecule has 1 aliphatic heterocycles. The molecule has 2 amide bonds. The maximum absolute atomic E-state index is 13.5. The number of rotatable bonds is 13. The number of aryl methyl sites for hydroxylation is 1. The van der Waals surface area contributed by atoms with E-state index in [1.54, 1.807) is 22.9 Å². The van der Waals surface area contributed by atoms with E-state index in [4.69, 9.17) is 9.84 Å². The first-order chi connectivity index (χ1) is 23.6. The molecule has 4 aromatic rings. The quantitative estimate of drug-likeness (QED) is 0.146. The zero-order valence-corrected chi connectivity index (χ0v) is 27.8. The zero-order chi connectivity index (χ0) is 34.7. The van der Waals surface area contributed by atoms with Gasteiger partial charge in [-0.15, -0.1) is 0 Å². The number of fused-ring (bicyclic) bond motifs is 3. The summed E-state index contributed by atoms with van der Waals surface area (Å²) in [6.45, 7) is 5.70. The Morgan fingerprint density at radius 1 is 1.06 bits per heavy atom. The number of carboxylic acids is 1. The number of carbonyl (C=O) groups excluding carboxylic acids is 3. The molecule has 49 heavy (non-hydrogen) atoms. The van der Waals surface area contributed by atoms with Crippen LogP contribution in [0.5, 0.6) is 5.75 Å². The van der Waals surface area contributed by atoms with Crippen LogP contribution in [-0.2, 0) is 25.7 Å². The van der Waals surface area contributed by atoms with Crippen molar-refractivity contribution in [3.63, 3.8) is 0 Å². The number of nitrogens with one attached hydrogen (secondary N) is 1. The van der Waals surface area contributed by atoms with Gasteiger partial charge in [0.05, 0.1) is 32.9 Å². The van der Waals surface area contributed by atoms with Crippen LogP contribution in [0.4, 0.5) is 5.69 Å². The maximum Gasteiger partial charge on any atom is 0.328 e. The van der Waals surface area contributed by atoms with Gasteiger partial charge in [-0.1, -0.05) is 36.4 Å². The zero-order valence-electron chi connectivity index (χ0n) is 27.8. The average molecular weight is 665 g/mol. The molecule has 3 aromatic carbocycles. The first-order valence-corrected chi connectivity index (χ1v) is 16.5. The minimum absolute atomic E-state index is 0.105. The van der Waals surface area contributed by atoms with E-state index in [9.17, 15) is 19.2 Å². The number of carbonyl (C=O) groups is 4. The van der Waals surface area contributed by atoms with Gasteiger partial charge in [0.25, 0.3) is 5.91 Å². The second kappa shape index (κ2) is 14.3. The fraction of sp³-hybridized carbons (Fsp3) is 0.342. The van der Waals surface area contributed by atoms with Crippen molar-refractivity contribution in [1.82, 2.24) is 15.1 Å². The van der Waals surface area contributed by atoms with Crippen molar-refractivity contribution in [3.8, 4) is 16.9 Å². The highest BCUT2D eigenvalue weighted by Gasteiger charge is 2.47. The number of aromatic nitrogens is 2. The monoisotopic (exact) mass is 664 g/mol. The number of amides is 2. The SMILES string of the molecule is COC(=O)[C@H](CC(=O)O)NC(=O)c1cccc(Cn2cc(-c3cccc4c3[C@H]3C[C@H]3CN4C(=O)CCCOc3cccc(C)c3C)cn2)c1. The van der Waals surface area contributed by atoms with Crippen molar-refractivity contribution in [2.24, 2.45) is 5.92 Å². The van der Waals surface area contributed by atoms with Gasteiger partial charge in [-0.25, -0.2) is 4.79 Å². The van der Waals surface area contributed by atoms with Crippen molar-refractivity contribution in [2.75, 3.05) is 25.2 Å². The Hall–Kier alpha value is -5.45. The highest BCUT2D eigenvalue weighted by atomic mass is 16.5. The van der Waals surface area contributed by atoms with Crippen LogP contribution in [0.2, 0.25) is 0 Å². The molecule has 2 heterocycles. The first-order valence-electron chi connectivity index (χ1n) is 16.5. The normalized spacial score (nSPS) is 16.6. The molecule has 11 heteroatoms. The van der Waals surface area contributed by atoms with E-state index in [0.29, 0.717) is 37.8 Å². The number of ether oxygens (including phenoxy) is 2. The van der Waals surface area contributed by atoms with Gasteiger partial charge in [0, 0.05) is 36.0 Å². The molecular weight excluding hydrogens is 624 g/mol. The summed E-state index contributed by atoms with van der Waals surface area (Å²) in [6, 6.07) is 17.7. The lowest BCUT2D eigenvalue weighted by atomic mass is 9.92. The van der Waals surface area contributed by atoms with Crippen molar-refractivity contribution in [2.45, 2.75) is 58.0 Å². The minimum atomic E-state index is -1.30. The lowest BCUT2D eigenvalue weighted by Gasteiger charge is -2.30. The molecule has 1 fully saturated rings. The van der Waals surface area contributed by atoms with Gasteiger partial charge in [-0.3, -0.25) is 19.1 Å². The fourth-order valence-corrected chi connectivity index (χ4v) is 6.56. The number of methoxy groups -OCH3 is 1. The van der Waals surface area contributed by atoms with Crippen LogP contribution in [0.1, 0.15) is 64.2 Å². The third-order valence-electron chi connectivity index (χ3n) is 9.38. The third-order valence-corrected chi connectivity index (χ3v) is 9.38. The predicted molar refractivity (Wildman–Crippen MR) is 183 cm³/mol. The van der Waals surface area contributed by atoms with Crippen molar-refractivity contribution in [3.05, 3.63) is 101 Å². The van der Waals surface area contributed by atoms with Crippen LogP contribution in [0.25, 0.3) is 11.1 Å². The Morgan fingerprint density at radius 2 is 1.86 bits per heavy atom. The van der Waals surface area contributed by atoms with Gasteiger partial charge in [-0.05, 0) is 90.6 Å². The molecule has 6 rings (SSSR count). The molecule has 254 valence electrons. The largest absolute Gasteiger partial charge is 0.493 e. The van der Waals surface area contributed by atoms with E-state index in [1.807, 2.05) is 54.5 Å². The molecule has 3 atom stereocenters. The lowest BCUT2D eigenvalue weighted by Crippen LogP contribution is -2.43. The lowest BCUT2D eigenvalue weighted by molar-refractivity contribution is -0.147. The molecule has 1 aromatic heterocycles. The molecule has 11 nitrogen and oxygen atoms in total. The maximum atomic E-state index is 13.5. The number of hydrogen-bond donors (Lipinski definition) is 2. The highest BCUT2D eigenvalue weighted by molar-refractivity contribution is 5.98. The van der Waals surface area contributed by atoms with Crippen LogP contribution < -0.4 is 15.0 Å². The predicted octanol–water partition coefficient (Wildman–Crippen LogP) is 5.27. The number of aliphatic carboxylic acids is 1. The Kier molecular flexibility index (Phi) is 9.80. The molecule has 0 saturated heterocycles. The average Bonchev–Trinajstić information content (AvgIpc) is 3.74. The second-order valence-corrected chi connectivity index (χ2v) is 12.8. The number of esters is 1. The summed E-state index contributed by atoms with van der Waals surface area (Å²) < 4.78 is 12.4. The van der Waals surface area contributed by atoms with Gasteiger partial charge in [0.2, 0.25) is 5.91 Å². The number of anilines is 1. The van der Waals surface area contributed by atoms with Crippen LogP contribution in [-0.4, -0.2) is 64.9 Å². The molecule has 1 saturated carbocycles. The molecular formula is C38H40N4O7. The van der Waals surface area contributed by atoms with Crippen molar-refractivity contribution < 1.29 is 33.8 Å². The summed E-state index contributed by atoms with van der Waals surface area (Å²) in [5.41, 5.74) is 7.55. The summed E-state index contributed by atoms with van der Waals surface area (Å²) in [7, 11) is 1.14. The highest BCUT2D eigenvalue weighted by Crippen LogP contribution is 2.57. The molecule has 0 unspecified atom stereocenters. The summed E-state index contributed by atoms with van der Waals surface area (Å²) in [5.74, 6) is -0.816. The van der Waals surface area contributed by atoms with Gasteiger partial charge >= 0.3 is 11.9 Å². The van der Waals surface area contributed by atoms with Gasteiger partial charge < -0.3 is 24.8 Å². The summed E-state index contributed by atoms with van der Waals surface area (Å²) >= 11 is 0. The molecule has 1 aliphatic carbocycles. The Bertz CT molecular complexity index is 1900. The molecule has 2 aliphatic rings. The van der Waals surface area contributed by atoms with Crippen LogP contribution in [0.15, 0.2) is 73.1 Å². The number of carboxylic acid groups (broad SMARTS) is 1. The molecule has 2 N–H and O–H groups in total. The van der Waals surface area contributed by atoms with Crippen molar-refractivity contribution >= 4 is 29.4 Å². The summed E-state index contributed by atoms with van der Waals surface area (Å²) in [4.78, 5) is 51.5. The number of hydrogen-bond acceptors (Lipinski definition) is 7. The number of nitrogens with zero attached hydrogens (tertiary/aromatic N) is 3. The van der Waals surface area contributed by atoms with Crippen LogP contribution in [0.3, 0.4) is 0 Å². The van der Waals surface area contributed by atoms with E-state index in [-0.39, 0.29) is 11.5 Å². The van der Waals surface area contributed by atoms with Crippen molar-refractivity contribution in [1.29, 1.82) is 0 Å². The van der Waals surface area contributed by atoms with E-state index >= 15 is 0 Å². The third kappa shape index (κ3) is 7.51. The fourth-order valence-electron chi connectivity index (χ4n) is 6.56. The first kappa shape index (κ1) is 33.5. The Balaban J connectivity index is 1.12. The number of benzene rings is 3. The van der Waals surface area contributed by atoms with E-state index in [1.165, 1.54) is 11.1 Å². The van der Waals surface area contributed by atoms with E-state index in [0.717, 1.165) is 53.8 Å². The smallest absolute Gasteiger partial charge is 0.328 e. The second-order valence-electron chi connectivity index (χ2n) is 12.8. The molecule has 0 spiro atoms. The van der Waals surface area contributed by atoms with Crippen LogP contribution >= 0.6 is 0 Å². The topological polar surface area (TPSA) is 140 Å². The van der Waals surface area contributed by atoms with Gasteiger partial charge in [-0.2, -0.15) is 5.10 Å². The summed E-state index contributed by atoms with van der Waals surface area (Å²) in [5, 5.41) is 16.2. The summed E-state index contributed by atoms with van der Waals surface area (Å²) in [6.07, 6.45) is 5.29. The van der Waals surface area contributed by atoms with Gasteiger partial charge in [0.15, 0.2) is 0 Å². The standard InChI is InChI=1S/C38H40N4O7/c1-23-8-4-13-33(24(23)2)49-15-7-14-34(43)42-22-27-17-30(27)36-29(11-6-12-32(36)42)28-19-39-41(21-28)20-25-9-5-10-26(16-25)37(46)40-31(18-35(44)45)38(47)48-3/h4-6,8-13,16,19,21,27,30-31H,7,14-15,17-18,20,22H2,1-3H3,(H,40,46)(H,44,45)/t27-,30-,31-/m0/s1. The van der Waals surface area contributed by atoms with E-state index < -0.39 is 30.3 Å². The Labute approximate surface area is 284 Å². The van der Waals surface area contributed by atoms with E-state index in [2.05, 4.69) is 34.2 Å².